The Balaban J connectivity index is 1.33. The summed E-state index contributed by atoms with van der Waals surface area (Å²) in [6.07, 6.45) is 6.54. The van der Waals surface area contributed by atoms with Gasteiger partial charge in [0, 0.05) is 37.6 Å². The molecule has 1 saturated heterocycles. The van der Waals surface area contributed by atoms with E-state index >= 15 is 0 Å². The number of hydrogen-bond donors (Lipinski definition) is 0. The highest BCUT2D eigenvalue weighted by molar-refractivity contribution is 5.78. The van der Waals surface area contributed by atoms with Crippen LogP contribution < -0.4 is 0 Å². The molecule has 0 N–H and O–H groups in total. The van der Waals surface area contributed by atoms with Crippen LogP contribution in [-0.2, 0) is 17.8 Å². The number of piperidine rings is 1. The molecule has 3 aromatic rings. The summed E-state index contributed by atoms with van der Waals surface area (Å²) in [6.45, 7) is 2.67. The van der Waals surface area contributed by atoms with E-state index in [-0.39, 0.29) is 5.91 Å². The zero-order chi connectivity index (χ0) is 18.5. The largest absolute Gasteiger partial charge is 0.342 e. The van der Waals surface area contributed by atoms with Gasteiger partial charge in [-0.15, -0.1) is 0 Å². The average molecular weight is 359 g/mol. The van der Waals surface area contributed by atoms with Gasteiger partial charge in [-0.3, -0.25) is 4.79 Å². The van der Waals surface area contributed by atoms with Gasteiger partial charge < -0.3 is 9.47 Å². The van der Waals surface area contributed by atoms with Crippen LogP contribution in [0, 0.1) is 5.92 Å². The van der Waals surface area contributed by atoms with E-state index in [1.165, 1.54) is 0 Å². The first-order chi connectivity index (χ1) is 13.3. The number of benzene rings is 2. The van der Waals surface area contributed by atoms with Crippen molar-refractivity contribution in [3.63, 3.8) is 0 Å². The van der Waals surface area contributed by atoms with E-state index in [1.807, 2.05) is 59.6 Å². The third-order valence-electron chi connectivity index (χ3n) is 5.37. The number of hydrogen-bond acceptors (Lipinski definition) is 2. The number of carbonyl (C=O) groups excluding carboxylic acids is 1. The first-order valence-corrected chi connectivity index (χ1v) is 9.68. The zero-order valence-corrected chi connectivity index (χ0v) is 15.5. The van der Waals surface area contributed by atoms with Crippen LogP contribution in [0.4, 0.5) is 0 Å². The van der Waals surface area contributed by atoms with Gasteiger partial charge in [-0.1, -0.05) is 60.7 Å². The van der Waals surface area contributed by atoms with Crippen LogP contribution in [0.5, 0.6) is 0 Å². The van der Waals surface area contributed by atoms with Gasteiger partial charge in [-0.2, -0.15) is 0 Å². The minimum Gasteiger partial charge on any atom is -0.342 e. The van der Waals surface area contributed by atoms with Crippen molar-refractivity contribution in [2.75, 3.05) is 13.1 Å². The van der Waals surface area contributed by atoms with Crippen LogP contribution >= 0.6 is 0 Å². The molecule has 4 nitrogen and oxygen atoms in total. The zero-order valence-electron chi connectivity index (χ0n) is 15.5. The summed E-state index contributed by atoms with van der Waals surface area (Å²) >= 11 is 0. The van der Waals surface area contributed by atoms with Crippen molar-refractivity contribution < 1.29 is 4.79 Å². The van der Waals surface area contributed by atoms with E-state index in [0.717, 1.165) is 49.4 Å². The summed E-state index contributed by atoms with van der Waals surface area (Å²) < 4.78 is 2.25. The molecular formula is C23H25N3O. The number of likely N-dealkylation sites (tertiary alicyclic amines) is 1. The summed E-state index contributed by atoms with van der Waals surface area (Å²) in [4.78, 5) is 19.1. The number of carbonyl (C=O) groups is 1. The summed E-state index contributed by atoms with van der Waals surface area (Å²) in [6, 6.07) is 20.3. The summed E-state index contributed by atoms with van der Waals surface area (Å²) in [5.74, 6) is 1.85. The maximum atomic E-state index is 12.5. The monoisotopic (exact) mass is 359 g/mol. The molecule has 0 spiro atoms. The van der Waals surface area contributed by atoms with Crippen molar-refractivity contribution in [2.24, 2.45) is 5.92 Å². The standard InChI is InChI=1S/C23H25N3O/c27-22(17-19-7-3-1-4-8-19)25-14-11-20(12-15-25)18-26-16-13-24-23(26)21-9-5-2-6-10-21/h1-10,13,16,20H,11-12,14-15,17-18H2. The predicted octanol–water partition coefficient (Wildman–Crippen LogP) is 4.03. The van der Waals surface area contributed by atoms with Crippen LogP contribution in [0.15, 0.2) is 73.1 Å². The topological polar surface area (TPSA) is 38.1 Å². The molecule has 138 valence electrons. The fraction of sp³-hybridized carbons (Fsp3) is 0.304. The lowest BCUT2D eigenvalue weighted by Gasteiger charge is -2.32. The van der Waals surface area contributed by atoms with E-state index < -0.39 is 0 Å². The molecule has 0 bridgehead atoms. The Hall–Kier alpha value is -2.88. The lowest BCUT2D eigenvalue weighted by atomic mass is 9.96. The quantitative estimate of drug-likeness (QED) is 0.690. The van der Waals surface area contributed by atoms with E-state index in [1.54, 1.807) is 0 Å². The molecule has 0 saturated carbocycles. The van der Waals surface area contributed by atoms with Crippen molar-refractivity contribution in [3.05, 3.63) is 78.6 Å². The normalized spacial score (nSPS) is 15.0. The van der Waals surface area contributed by atoms with E-state index in [0.29, 0.717) is 12.3 Å². The Morgan fingerprint density at radius 3 is 2.33 bits per heavy atom. The molecule has 0 atom stereocenters. The number of imidazole rings is 1. The second kappa shape index (κ2) is 8.21. The van der Waals surface area contributed by atoms with Crippen LogP contribution in [0.25, 0.3) is 11.4 Å². The lowest BCUT2D eigenvalue weighted by molar-refractivity contribution is -0.131. The first-order valence-electron chi connectivity index (χ1n) is 9.68. The molecule has 0 aliphatic carbocycles. The minimum absolute atomic E-state index is 0.243. The number of nitrogens with zero attached hydrogens (tertiary/aromatic N) is 3. The maximum absolute atomic E-state index is 12.5. The van der Waals surface area contributed by atoms with Crippen molar-refractivity contribution in [3.8, 4) is 11.4 Å². The highest BCUT2D eigenvalue weighted by Crippen LogP contribution is 2.23. The average Bonchev–Trinajstić information content (AvgIpc) is 3.18. The molecule has 1 aromatic heterocycles. The molecular weight excluding hydrogens is 334 g/mol. The van der Waals surface area contributed by atoms with E-state index in [2.05, 4.69) is 27.9 Å². The molecule has 4 rings (SSSR count). The van der Waals surface area contributed by atoms with Gasteiger partial charge in [0.05, 0.1) is 6.42 Å². The molecule has 1 fully saturated rings. The molecule has 1 aliphatic rings. The molecule has 0 unspecified atom stereocenters. The Bertz CT molecular complexity index is 865. The van der Waals surface area contributed by atoms with Crippen molar-refractivity contribution in [1.82, 2.24) is 14.5 Å². The molecule has 2 aromatic carbocycles. The highest BCUT2D eigenvalue weighted by atomic mass is 16.2. The number of amides is 1. The van der Waals surface area contributed by atoms with E-state index in [9.17, 15) is 4.79 Å². The Morgan fingerprint density at radius 1 is 0.963 bits per heavy atom. The summed E-state index contributed by atoms with van der Waals surface area (Å²) in [7, 11) is 0. The maximum Gasteiger partial charge on any atom is 0.226 e. The van der Waals surface area contributed by atoms with Crippen LogP contribution in [-0.4, -0.2) is 33.4 Å². The smallest absolute Gasteiger partial charge is 0.226 e. The minimum atomic E-state index is 0.243. The number of rotatable bonds is 5. The third-order valence-corrected chi connectivity index (χ3v) is 5.37. The molecule has 1 amide bonds. The molecule has 0 radical (unpaired) electrons. The van der Waals surface area contributed by atoms with Crippen LogP contribution in [0.3, 0.4) is 0 Å². The van der Waals surface area contributed by atoms with Crippen molar-refractivity contribution in [2.45, 2.75) is 25.8 Å². The second-order valence-corrected chi connectivity index (χ2v) is 7.26. The van der Waals surface area contributed by atoms with Gasteiger partial charge in [-0.25, -0.2) is 4.98 Å². The SMILES string of the molecule is O=C(Cc1ccccc1)N1CCC(Cn2ccnc2-c2ccccc2)CC1. The van der Waals surface area contributed by atoms with Gasteiger partial charge >= 0.3 is 0 Å². The van der Waals surface area contributed by atoms with Crippen molar-refractivity contribution >= 4 is 5.91 Å². The fourth-order valence-corrected chi connectivity index (χ4v) is 3.83. The van der Waals surface area contributed by atoms with Gasteiger partial charge in [0.1, 0.15) is 5.82 Å². The summed E-state index contributed by atoms with van der Waals surface area (Å²) in [5.41, 5.74) is 2.24. The molecule has 1 aliphatic heterocycles. The Kier molecular flexibility index (Phi) is 5.33. The first kappa shape index (κ1) is 17.5. The molecule has 2 heterocycles. The van der Waals surface area contributed by atoms with Gasteiger partial charge in [0.2, 0.25) is 5.91 Å². The Labute approximate surface area is 160 Å². The summed E-state index contributed by atoms with van der Waals surface area (Å²) in [5, 5.41) is 0. The fourth-order valence-electron chi connectivity index (χ4n) is 3.83. The predicted molar refractivity (Wildman–Crippen MR) is 107 cm³/mol. The lowest BCUT2D eigenvalue weighted by Crippen LogP contribution is -2.40. The Morgan fingerprint density at radius 2 is 1.63 bits per heavy atom. The van der Waals surface area contributed by atoms with E-state index in [4.69, 9.17) is 0 Å². The van der Waals surface area contributed by atoms with Crippen molar-refractivity contribution in [1.29, 1.82) is 0 Å². The van der Waals surface area contributed by atoms with Gasteiger partial charge in [0.15, 0.2) is 0 Å². The van der Waals surface area contributed by atoms with Crippen LogP contribution in [0.2, 0.25) is 0 Å². The molecule has 4 heteroatoms. The van der Waals surface area contributed by atoms with Gasteiger partial charge in [-0.05, 0) is 24.3 Å². The van der Waals surface area contributed by atoms with Gasteiger partial charge in [0.25, 0.3) is 0 Å². The number of aromatic nitrogens is 2. The highest BCUT2D eigenvalue weighted by Gasteiger charge is 2.23. The third kappa shape index (κ3) is 4.27. The van der Waals surface area contributed by atoms with Crippen LogP contribution in [0.1, 0.15) is 18.4 Å². The second-order valence-electron chi connectivity index (χ2n) is 7.26. The molecule has 27 heavy (non-hydrogen) atoms.